The average Bonchev–Trinajstić information content (AvgIpc) is 3.37. The van der Waals surface area contributed by atoms with Crippen molar-refractivity contribution in [2.75, 3.05) is 16.3 Å². The number of anilines is 2. The summed E-state index contributed by atoms with van der Waals surface area (Å²) in [7, 11) is 0. The van der Waals surface area contributed by atoms with E-state index in [0.29, 0.717) is 32.5 Å². The Balaban J connectivity index is 1.29. The van der Waals surface area contributed by atoms with Gasteiger partial charge in [0.15, 0.2) is 0 Å². The molecule has 11 heteroatoms. The van der Waals surface area contributed by atoms with Crippen molar-refractivity contribution < 1.29 is 28.8 Å². The lowest BCUT2D eigenvalue weighted by atomic mass is 10.1. The molecular weight excluding hydrogens is 546 g/mol. The van der Waals surface area contributed by atoms with E-state index >= 15 is 0 Å². The van der Waals surface area contributed by atoms with Crippen LogP contribution in [0.25, 0.3) is 0 Å². The van der Waals surface area contributed by atoms with Gasteiger partial charge in [0, 0.05) is 35.3 Å². The molecule has 5 rings (SSSR count). The molecule has 10 nitrogen and oxygen atoms in total. The maximum Gasteiger partial charge on any atom is 0.316 e. The summed E-state index contributed by atoms with van der Waals surface area (Å²) in [5, 5.41) is 10.9. The molecule has 0 radical (unpaired) electrons. The minimum Gasteiger partial charge on any atom is -0.426 e. The zero-order chi connectivity index (χ0) is 26.4. The van der Waals surface area contributed by atoms with Gasteiger partial charge in [0.1, 0.15) is 5.75 Å². The van der Waals surface area contributed by atoms with Gasteiger partial charge in [-0.05, 0) is 61.0 Å². The Morgan fingerprint density at radius 2 is 1.70 bits per heavy atom. The molecule has 37 heavy (non-hydrogen) atoms. The summed E-state index contributed by atoms with van der Waals surface area (Å²) in [6.07, 6.45) is -0.0580. The molecule has 1 fully saturated rings. The molecule has 0 aromatic heterocycles. The lowest BCUT2D eigenvalue weighted by molar-refractivity contribution is -0.384. The quantitative estimate of drug-likeness (QED) is 0.148. The minimum atomic E-state index is -0.725. The van der Waals surface area contributed by atoms with Crippen molar-refractivity contribution in [3.05, 3.63) is 91.9 Å². The number of hydrogen-bond donors (Lipinski definition) is 0. The van der Waals surface area contributed by atoms with Crippen LogP contribution in [-0.4, -0.2) is 35.2 Å². The number of hydrogen-bond acceptors (Lipinski definition) is 7. The van der Waals surface area contributed by atoms with Crippen LogP contribution >= 0.6 is 15.9 Å². The van der Waals surface area contributed by atoms with Gasteiger partial charge in [0.2, 0.25) is 5.91 Å². The molecule has 0 unspecified atom stereocenters. The van der Waals surface area contributed by atoms with Gasteiger partial charge < -0.3 is 9.64 Å². The molecule has 0 aliphatic carbocycles. The first-order chi connectivity index (χ1) is 17.6. The largest absolute Gasteiger partial charge is 0.426 e. The van der Waals surface area contributed by atoms with Crippen LogP contribution in [0, 0.1) is 23.0 Å². The number of fused-ring (bicyclic) bond motifs is 1. The van der Waals surface area contributed by atoms with Crippen LogP contribution in [-0.2, 0) is 9.59 Å². The smallest absolute Gasteiger partial charge is 0.316 e. The fourth-order valence-electron chi connectivity index (χ4n) is 4.44. The number of esters is 1. The lowest BCUT2D eigenvalue weighted by Gasteiger charge is -2.18. The monoisotopic (exact) mass is 563 g/mol. The number of carbonyl (C=O) groups is 4. The molecule has 1 atom stereocenters. The average molecular weight is 564 g/mol. The highest BCUT2D eigenvalue weighted by Gasteiger charge is 2.38. The van der Waals surface area contributed by atoms with E-state index in [1.165, 1.54) is 41.3 Å². The highest BCUT2D eigenvalue weighted by molar-refractivity contribution is 9.10. The number of amides is 3. The summed E-state index contributed by atoms with van der Waals surface area (Å²) < 4.78 is 6.20. The summed E-state index contributed by atoms with van der Waals surface area (Å²) in [5.41, 5.74) is 1.90. The Morgan fingerprint density at radius 3 is 2.38 bits per heavy atom. The molecule has 2 aliphatic heterocycles. The second-order valence-electron chi connectivity index (χ2n) is 8.68. The fraction of sp³-hybridized carbons (Fsp3) is 0.154. The molecule has 0 saturated carbocycles. The van der Waals surface area contributed by atoms with Crippen molar-refractivity contribution in [1.29, 1.82) is 0 Å². The van der Waals surface area contributed by atoms with E-state index in [2.05, 4.69) is 15.9 Å². The van der Waals surface area contributed by atoms with Crippen LogP contribution in [0.15, 0.2) is 65.1 Å². The first-order valence-electron chi connectivity index (χ1n) is 11.2. The van der Waals surface area contributed by atoms with Crippen LogP contribution in [0.2, 0.25) is 0 Å². The maximum absolute atomic E-state index is 12.9. The number of nitrogens with zero attached hydrogens (tertiary/aromatic N) is 3. The molecule has 1 saturated heterocycles. The van der Waals surface area contributed by atoms with E-state index < -0.39 is 28.6 Å². The van der Waals surface area contributed by atoms with Gasteiger partial charge in [0.05, 0.1) is 27.7 Å². The topological polar surface area (TPSA) is 127 Å². The molecule has 3 aromatic rings. The number of benzene rings is 3. The van der Waals surface area contributed by atoms with Gasteiger partial charge in [-0.1, -0.05) is 15.9 Å². The standard InChI is InChI=1S/C26H18BrN3O7/c1-14-10-19(7-9-22(14)29-24(32)20-8-2-16(27)12-21(20)25(29)33)37-26(34)15-11-23(31)28(13-15)17-3-5-18(6-4-17)30(35)36/h2-10,12,15H,11,13H2,1H3/t15-/m1/s1. The second kappa shape index (κ2) is 9.25. The van der Waals surface area contributed by atoms with Gasteiger partial charge >= 0.3 is 5.97 Å². The predicted molar refractivity (Wildman–Crippen MR) is 136 cm³/mol. The Bertz CT molecular complexity index is 1500. The van der Waals surface area contributed by atoms with E-state index in [1.807, 2.05) is 0 Å². The normalized spacial score (nSPS) is 16.8. The van der Waals surface area contributed by atoms with Crippen LogP contribution in [0.3, 0.4) is 0 Å². The van der Waals surface area contributed by atoms with E-state index in [4.69, 9.17) is 4.74 Å². The molecular formula is C26H18BrN3O7. The first kappa shape index (κ1) is 24.3. The summed E-state index contributed by atoms with van der Waals surface area (Å²) in [6.45, 7) is 1.78. The molecule has 2 heterocycles. The summed E-state index contributed by atoms with van der Waals surface area (Å²) >= 11 is 3.31. The van der Waals surface area contributed by atoms with E-state index in [1.54, 1.807) is 31.2 Å². The van der Waals surface area contributed by atoms with Crippen LogP contribution < -0.4 is 14.5 Å². The highest BCUT2D eigenvalue weighted by Crippen LogP contribution is 2.34. The van der Waals surface area contributed by atoms with E-state index in [9.17, 15) is 29.3 Å². The van der Waals surface area contributed by atoms with Crippen LogP contribution in [0.4, 0.5) is 17.1 Å². The second-order valence-corrected chi connectivity index (χ2v) is 9.60. The van der Waals surface area contributed by atoms with Crippen molar-refractivity contribution in [2.24, 2.45) is 5.92 Å². The van der Waals surface area contributed by atoms with Crippen molar-refractivity contribution in [3.63, 3.8) is 0 Å². The molecule has 3 amide bonds. The van der Waals surface area contributed by atoms with Gasteiger partial charge in [-0.15, -0.1) is 0 Å². The van der Waals surface area contributed by atoms with Gasteiger partial charge in [-0.25, -0.2) is 4.90 Å². The van der Waals surface area contributed by atoms with Crippen molar-refractivity contribution in [1.82, 2.24) is 0 Å². The first-order valence-corrected chi connectivity index (χ1v) is 12.0. The molecule has 0 spiro atoms. The van der Waals surface area contributed by atoms with E-state index in [0.717, 1.165) is 4.90 Å². The molecule has 0 N–H and O–H groups in total. The zero-order valence-electron chi connectivity index (χ0n) is 19.3. The number of carbonyl (C=O) groups excluding carboxylic acids is 4. The number of halogens is 1. The summed E-state index contributed by atoms with van der Waals surface area (Å²) in [4.78, 5) is 63.9. The summed E-state index contributed by atoms with van der Waals surface area (Å²) in [6, 6.07) is 15.0. The Morgan fingerprint density at radius 1 is 1.00 bits per heavy atom. The number of rotatable bonds is 5. The number of ether oxygens (including phenoxy) is 1. The third kappa shape index (κ3) is 4.38. The third-order valence-corrected chi connectivity index (χ3v) is 6.80. The van der Waals surface area contributed by atoms with Crippen molar-refractivity contribution >= 4 is 56.7 Å². The Hall–Kier alpha value is -4.38. The maximum atomic E-state index is 12.9. The number of non-ortho nitro benzene ring substituents is 1. The van der Waals surface area contributed by atoms with Gasteiger partial charge in [-0.3, -0.25) is 29.3 Å². The van der Waals surface area contributed by atoms with Crippen LogP contribution in [0.1, 0.15) is 32.7 Å². The molecule has 186 valence electrons. The molecule has 2 aliphatic rings. The van der Waals surface area contributed by atoms with Crippen molar-refractivity contribution in [2.45, 2.75) is 13.3 Å². The Kier molecular flexibility index (Phi) is 6.08. The minimum absolute atomic E-state index is 0.0580. The Labute approximate surface area is 218 Å². The highest BCUT2D eigenvalue weighted by atomic mass is 79.9. The molecule has 3 aromatic carbocycles. The van der Waals surface area contributed by atoms with Gasteiger partial charge in [0.25, 0.3) is 17.5 Å². The number of nitro benzene ring substituents is 1. The van der Waals surface area contributed by atoms with Gasteiger partial charge in [-0.2, -0.15) is 0 Å². The number of nitro groups is 1. The predicted octanol–water partition coefficient (Wildman–Crippen LogP) is 4.42. The van der Waals surface area contributed by atoms with E-state index in [-0.39, 0.29) is 30.3 Å². The van der Waals surface area contributed by atoms with Crippen LogP contribution in [0.5, 0.6) is 5.75 Å². The zero-order valence-corrected chi connectivity index (χ0v) is 20.9. The number of aryl methyl sites for hydroxylation is 1. The SMILES string of the molecule is Cc1cc(OC(=O)[C@@H]2CC(=O)N(c3ccc([N+](=O)[O-])cc3)C2)ccc1N1C(=O)c2ccc(Br)cc2C1=O. The van der Waals surface area contributed by atoms with Crippen molar-refractivity contribution in [3.8, 4) is 5.75 Å². The lowest BCUT2D eigenvalue weighted by Crippen LogP contribution is -2.30. The molecule has 0 bridgehead atoms. The fourth-order valence-corrected chi connectivity index (χ4v) is 4.80. The number of imide groups is 1. The third-order valence-electron chi connectivity index (χ3n) is 6.31. The summed E-state index contributed by atoms with van der Waals surface area (Å²) in [5.74, 6) is -2.28.